The number of hydrogen-bond acceptors (Lipinski definition) is 3. The maximum atomic E-state index is 9.38. The number of hydrogen-bond donors (Lipinski definition) is 1. The smallest absolute Gasteiger partial charge is 0.157 e. The van der Waals surface area contributed by atoms with Crippen LogP contribution in [0, 0.1) is 5.41 Å². The molecule has 1 fully saturated rings. The van der Waals surface area contributed by atoms with Gasteiger partial charge in [0.25, 0.3) is 0 Å². The first-order valence-corrected chi connectivity index (χ1v) is 8.10. The Hall–Kier alpha value is -0.120. The third-order valence-electron chi connectivity index (χ3n) is 4.28. The van der Waals surface area contributed by atoms with Gasteiger partial charge >= 0.3 is 0 Å². The van der Waals surface area contributed by atoms with Gasteiger partial charge in [-0.05, 0) is 19.3 Å². The van der Waals surface area contributed by atoms with Gasteiger partial charge in [0, 0.05) is 5.41 Å². The van der Waals surface area contributed by atoms with Crippen LogP contribution in [-0.4, -0.2) is 31.2 Å². The molecule has 1 heterocycles. The minimum absolute atomic E-state index is 0.0399. The van der Waals surface area contributed by atoms with Crippen LogP contribution in [0.2, 0.25) is 0 Å². The highest BCUT2D eigenvalue weighted by Crippen LogP contribution is 2.29. The largest absolute Gasteiger partial charge is 0.396 e. The van der Waals surface area contributed by atoms with Crippen LogP contribution in [0.5, 0.6) is 0 Å². The number of aliphatic hydroxyl groups excluding tert-OH is 1. The summed E-state index contributed by atoms with van der Waals surface area (Å²) in [5.41, 5.74) is -0.156. The van der Waals surface area contributed by atoms with Gasteiger partial charge in [-0.3, -0.25) is 0 Å². The molecule has 0 aromatic carbocycles. The summed E-state index contributed by atoms with van der Waals surface area (Å²) in [7, 11) is 0. The Balaban J connectivity index is 2.00. The zero-order chi connectivity index (χ0) is 14.0. The Kier molecular flexibility index (Phi) is 8.67. The monoisotopic (exact) mass is 272 g/mol. The molecule has 114 valence electrons. The van der Waals surface area contributed by atoms with Crippen molar-refractivity contribution in [1.82, 2.24) is 0 Å². The zero-order valence-corrected chi connectivity index (χ0v) is 12.8. The molecule has 0 amide bonds. The molecule has 0 aromatic rings. The van der Waals surface area contributed by atoms with Gasteiger partial charge in [0.15, 0.2) is 6.29 Å². The molecule has 0 bridgehead atoms. The summed E-state index contributed by atoms with van der Waals surface area (Å²) < 4.78 is 11.5. The van der Waals surface area contributed by atoms with Crippen molar-refractivity contribution in [3.8, 4) is 0 Å². The van der Waals surface area contributed by atoms with Gasteiger partial charge in [0.2, 0.25) is 0 Å². The predicted molar refractivity (Wildman–Crippen MR) is 78.1 cm³/mol. The van der Waals surface area contributed by atoms with Crippen molar-refractivity contribution in [3.63, 3.8) is 0 Å². The van der Waals surface area contributed by atoms with E-state index >= 15 is 0 Å². The van der Waals surface area contributed by atoms with Crippen LogP contribution in [0.15, 0.2) is 0 Å². The van der Waals surface area contributed by atoms with Crippen molar-refractivity contribution in [2.45, 2.75) is 77.9 Å². The molecule has 1 saturated heterocycles. The molecule has 0 saturated carbocycles. The second-order valence-corrected chi connectivity index (χ2v) is 5.97. The molecule has 3 heteroatoms. The maximum Gasteiger partial charge on any atom is 0.157 e. The number of ether oxygens (including phenoxy) is 2. The first-order valence-electron chi connectivity index (χ1n) is 8.10. The fourth-order valence-corrected chi connectivity index (χ4v) is 2.47. The maximum absolute atomic E-state index is 9.38. The topological polar surface area (TPSA) is 38.7 Å². The lowest BCUT2D eigenvalue weighted by Crippen LogP contribution is -2.43. The quantitative estimate of drug-likeness (QED) is 0.613. The van der Waals surface area contributed by atoms with Gasteiger partial charge < -0.3 is 14.6 Å². The van der Waals surface area contributed by atoms with Crippen molar-refractivity contribution >= 4 is 0 Å². The van der Waals surface area contributed by atoms with Crippen LogP contribution in [0.25, 0.3) is 0 Å². The molecule has 3 nitrogen and oxygen atoms in total. The lowest BCUT2D eigenvalue weighted by atomic mass is 9.87. The van der Waals surface area contributed by atoms with Crippen molar-refractivity contribution in [1.29, 1.82) is 0 Å². The van der Waals surface area contributed by atoms with Gasteiger partial charge in [0.05, 0.1) is 19.8 Å². The first kappa shape index (κ1) is 16.9. The molecule has 0 atom stereocenters. The lowest BCUT2D eigenvalue weighted by molar-refractivity contribution is -0.239. The van der Waals surface area contributed by atoms with E-state index in [1.165, 1.54) is 44.9 Å². The van der Waals surface area contributed by atoms with Gasteiger partial charge in [-0.25, -0.2) is 0 Å². The van der Waals surface area contributed by atoms with E-state index in [9.17, 15) is 5.11 Å². The standard InChI is InChI=1S/C16H32O3/c1-3-5-6-7-8-9-10-11-15-18-13-16(4-2,12-17)14-19-15/h15,17H,3-14H2,1-2H3. The molecule has 1 aliphatic heterocycles. The Morgan fingerprint density at radius 3 is 2.05 bits per heavy atom. The molecule has 0 aliphatic carbocycles. The highest BCUT2D eigenvalue weighted by molar-refractivity contribution is 4.79. The SMILES string of the molecule is CCCCCCCCCC1OCC(CC)(CO)CO1. The minimum atomic E-state index is -0.156. The van der Waals surface area contributed by atoms with E-state index in [0.717, 1.165) is 12.8 Å². The zero-order valence-electron chi connectivity index (χ0n) is 12.8. The van der Waals surface area contributed by atoms with E-state index in [1.807, 2.05) is 0 Å². The molecular weight excluding hydrogens is 240 g/mol. The summed E-state index contributed by atoms with van der Waals surface area (Å²) in [5.74, 6) is 0. The second kappa shape index (κ2) is 9.73. The van der Waals surface area contributed by atoms with E-state index in [2.05, 4.69) is 13.8 Å². The van der Waals surface area contributed by atoms with Gasteiger partial charge in [-0.1, -0.05) is 52.4 Å². The Bertz CT molecular complexity index is 204. The first-order chi connectivity index (χ1) is 9.26. The summed E-state index contributed by atoms with van der Waals surface area (Å²) in [5, 5.41) is 9.38. The van der Waals surface area contributed by atoms with Crippen LogP contribution < -0.4 is 0 Å². The normalized spacial score (nSPS) is 27.6. The summed E-state index contributed by atoms with van der Waals surface area (Å²) in [6.07, 6.45) is 11.1. The van der Waals surface area contributed by atoms with Gasteiger partial charge in [0.1, 0.15) is 0 Å². The average Bonchev–Trinajstić information content (AvgIpc) is 2.47. The van der Waals surface area contributed by atoms with Crippen LogP contribution in [0.3, 0.4) is 0 Å². The summed E-state index contributed by atoms with van der Waals surface area (Å²) in [6.45, 7) is 5.77. The van der Waals surface area contributed by atoms with Gasteiger partial charge in [-0.15, -0.1) is 0 Å². The Labute approximate surface area is 118 Å². The van der Waals surface area contributed by atoms with E-state index < -0.39 is 0 Å². The third kappa shape index (κ3) is 6.24. The molecule has 0 spiro atoms. The van der Waals surface area contributed by atoms with Crippen molar-refractivity contribution in [2.24, 2.45) is 5.41 Å². The highest BCUT2D eigenvalue weighted by Gasteiger charge is 2.34. The van der Waals surface area contributed by atoms with Crippen LogP contribution in [0.1, 0.15) is 71.6 Å². The van der Waals surface area contributed by atoms with E-state index in [1.54, 1.807) is 0 Å². The molecule has 0 aromatic heterocycles. The van der Waals surface area contributed by atoms with Crippen molar-refractivity contribution < 1.29 is 14.6 Å². The molecule has 1 aliphatic rings. The number of unbranched alkanes of at least 4 members (excludes halogenated alkanes) is 6. The molecule has 1 N–H and O–H groups in total. The predicted octanol–water partition coefficient (Wildman–Crippen LogP) is 3.89. The van der Waals surface area contributed by atoms with E-state index in [4.69, 9.17) is 9.47 Å². The molecule has 0 radical (unpaired) electrons. The Morgan fingerprint density at radius 2 is 1.53 bits per heavy atom. The fourth-order valence-electron chi connectivity index (χ4n) is 2.47. The Morgan fingerprint density at radius 1 is 0.947 bits per heavy atom. The van der Waals surface area contributed by atoms with E-state index in [0.29, 0.717) is 13.2 Å². The molecule has 19 heavy (non-hydrogen) atoms. The average molecular weight is 272 g/mol. The number of aliphatic hydroxyl groups is 1. The van der Waals surface area contributed by atoms with E-state index in [-0.39, 0.29) is 18.3 Å². The minimum Gasteiger partial charge on any atom is -0.396 e. The van der Waals surface area contributed by atoms with Crippen molar-refractivity contribution in [3.05, 3.63) is 0 Å². The van der Waals surface area contributed by atoms with Crippen LogP contribution in [-0.2, 0) is 9.47 Å². The summed E-state index contributed by atoms with van der Waals surface area (Å²) in [4.78, 5) is 0. The number of rotatable bonds is 10. The van der Waals surface area contributed by atoms with Crippen LogP contribution in [0.4, 0.5) is 0 Å². The fraction of sp³-hybridized carbons (Fsp3) is 1.00. The molecular formula is C16H32O3. The lowest BCUT2D eigenvalue weighted by Gasteiger charge is -2.38. The van der Waals surface area contributed by atoms with Crippen molar-refractivity contribution in [2.75, 3.05) is 19.8 Å². The molecule has 0 unspecified atom stereocenters. The second-order valence-electron chi connectivity index (χ2n) is 5.97. The summed E-state index contributed by atoms with van der Waals surface area (Å²) >= 11 is 0. The highest BCUT2D eigenvalue weighted by atomic mass is 16.7. The third-order valence-corrected chi connectivity index (χ3v) is 4.28. The van der Waals surface area contributed by atoms with Gasteiger partial charge in [-0.2, -0.15) is 0 Å². The van der Waals surface area contributed by atoms with Crippen LogP contribution >= 0.6 is 0 Å². The summed E-state index contributed by atoms with van der Waals surface area (Å²) in [6, 6.07) is 0. The molecule has 1 rings (SSSR count).